The van der Waals surface area contributed by atoms with E-state index in [0.717, 1.165) is 5.56 Å². The van der Waals surface area contributed by atoms with Crippen molar-refractivity contribution in [2.45, 2.75) is 57.6 Å². The van der Waals surface area contributed by atoms with Crippen molar-refractivity contribution in [1.29, 1.82) is 0 Å². The molecule has 4 fully saturated rings. The van der Waals surface area contributed by atoms with Crippen molar-refractivity contribution in [3.8, 4) is 0 Å². The second-order valence-corrected chi connectivity index (χ2v) is 13.3. The van der Waals surface area contributed by atoms with Crippen LogP contribution >= 0.6 is 23.2 Å². The molecule has 1 N–H and O–H groups in total. The minimum atomic E-state index is -2.18. The van der Waals surface area contributed by atoms with Gasteiger partial charge in [0.2, 0.25) is 0 Å². The first-order chi connectivity index (χ1) is 18.4. The lowest BCUT2D eigenvalue weighted by Crippen LogP contribution is -2.69. The van der Waals surface area contributed by atoms with E-state index in [1.807, 2.05) is 31.2 Å². The topological polar surface area (TPSA) is 66.8 Å². The van der Waals surface area contributed by atoms with E-state index in [0.29, 0.717) is 31.1 Å². The molecule has 0 unspecified atom stereocenters. The SMILES string of the molecule is C[C@]12C=CC(=O)C=C1[C@@H](F)C[C@H]1[C@@H]3C[C@H]4CN(Cc5cccc(Cl)c5)C[C@@]4(C(=O)OCCl)[C@@]3(C)C[C@H](O)[C@@]12F. The van der Waals surface area contributed by atoms with Gasteiger partial charge in [0.1, 0.15) is 6.17 Å². The van der Waals surface area contributed by atoms with Crippen LogP contribution in [0.25, 0.3) is 0 Å². The van der Waals surface area contributed by atoms with Crippen LogP contribution in [0.2, 0.25) is 5.02 Å². The van der Waals surface area contributed by atoms with Gasteiger partial charge in [-0.25, -0.2) is 8.78 Å². The van der Waals surface area contributed by atoms with E-state index in [4.69, 9.17) is 27.9 Å². The number of halogens is 4. The number of allylic oxidation sites excluding steroid dienone is 4. The largest absolute Gasteiger partial charge is 0.449 e. The molecule has 1 aromatic carbocycles. The van der Waals surface area contributed by atoms with Crippen molar-refractivity contribution < 1.29 is 28.2 Å². The smallest absolute Gasteiger partial charge is 0.315 e. The van der Waals surface area contributed by atoms with Gasteiger partial charge in [-0.1, -0.05) is 48.3 Å². The third-order valence-corrected chi connectivity index (χ3v) is 11.4. The quantitative estimate of drug-likeness (QED) is 0.381. The number of aliphatic hydroxyl groups excluding tert-OH is 1. The number of hydrogen-bond donors (Lipinski definition) is 1. The molecule has 1 aromatic rings. The number of carbonyl (C=O) groups excluding carboxylic acids is 2. The number of likely N-dealkylation sites (tertiary alicyclic amines) is 1. The number of alkyl halides is 3. The van der Waals surface area contributed by atoms with Crippen LogP contribution in [0, 0.1) is 34.0 Å². The molecule has 1 saturated heterocycles. The molecule has 5 aliphatic rings. The Morgan fingerprint density at radius 1 is 1.26 bits per heavy atom. The monoisotopic (exact) mass is 579 g/mol. The number of fused-ring (bicyclic) bond motifs is 7. The highest BCUT2D eigenvalue weighted by molar-refractivity contribution is 6.30. The molecule has 0 amide bonds. The number of nitrogens with zero attached hydrogens (tertiary/aromatic N) is 1. The average molecular weight is 580 g/mol. The van der Waals surface area contributed by atoms with Crippen LogP contribution in [0.4, 0.5) is 8.78 Å². The lowest BCUT2D eigenvalue weighted by molar-refractivity contribution is -0.216. The molecular formula is C30H33Cl2F2NO4. The maximum atomic E-state index is 17.5. The molecule has 210 valence electrons. The summed E-state index contributed by atoms with van der Waals surface area (Å²) >= 11 is 12.1. The first kappa shape index (κ1) is 27.4. The maximum absolute atomic E-state index is 17.5. The van der Waals surface area contributed by atoms with E-state index >= 15 is 8.78 Å². The molecule has 5 nitrogen and oxygen atoms in total. The standard InChI is InChI=1S/C30H33Cl2F2NO4/c1-27-7-6-20(36)10-23(27)24(33)11-22-21-9-18-14-35(13-17-4-3-5-19(32)8-17)15-29(18,26(38)39-16-31)28(21,2)12-25(37)30(22,27)34/h3-8,10,18,21-22,24-25,37H,9,11-16H2,1-2H3/t18-,21-,22-,24-,25-,27-,28-,29+,30-/m0/s1. The molecule has 3 saturated carbocycles. The highest BCUT2D eigenvalue weighted by Gasteiger charge is 2.78. The van der Waals surface area contributed by atoms with Gasteiger partial charge < -0.3 is 9.84 Å². The molecule has 9 heteroatoms. The lowest BCUT2D eigenvalue weighted by atomic mass is 9.43. The van der Waals surface area contributed by atoms with Gasteiger partial charge in [-0.2, -0.15) is 0 Å². The summed E-state index contributed by atoms with van der Waals surface area (Å²) in [4.78, 5) is 28.1. The maximum Gasteiger partial charge on any atom is 0.315 e. The van der Waals surface area contributed by atoms with E-state index in [1.54, 1.807) is 6.92 Å². The van der Waals surface area contributed by atoms with E-state index in [-0.39, 0.29) is 42.1 Å². The fourth-order valence-corrected chi connectivity index (χ4v) is 9.71. The summed E-state index contributed by atoms with van der Waals surface area (Å²) < 4.78 is 38.7. The summed E-state index contributed by atoms with van der Waals surface area (Å²) in [7, 11) is 0. The molecule has 0 spiro atoms. The zero-order valence-electron chi connectivity index (χ0n) is 22.0. The van der Waals surface area contributed by atoms with Gasteiger partial charge in [0, 0.05) is 36.0 Å². The van der Waals surface area contributed by atoms with Crippen molar-refractivity contribution in [2.24, 2.45) is 34.0 Å². The van der Waals surface area contributed by atoms with Gasteiger partial charge in [-0.05, 0) is 78.9 Å². The average Bonchev–Trinajstić information content (AvgIpc) is 3.35. The Morgan fingerprint density at radius 3 is 2.74 bits per heavy atom. The fraction of sp³-hybridized carbons (Fsp3) is 0.600. The van der Waals surface area contributed by atoms with Gasteiger partial charge in [-0.3, -0.25) is 14.5 Å². The van der Waals surface area contributed by atoms with Crippen LogP contribution in [-0.2, 0) is 20.9 Å². The number of hydrogen-bond acceptors (Lipinski definition) is 5. The number of ketones is 1. The van der Waals surface area contributed by atoms with E-state index in [2.05, 4.69) is 4.90 Å². The molecule has 9 atom stereocenters. The molecule has 39 heavy (non-hydrogen) atoms. The summed E-state index contributed by atoms with van der Waals surface area (Å²) in [5.74, 6) is -2.20. The molecule has 4 aliphatic carbocycles. The molecule has 6 rings (SSSR count). The Morgan fingerprint density at radius 2 is 2.03 bits per heavy atom. The zero-order chi connectivity index (χ0) is 28.0. The third-order valence-electron chi connectivity index (χ3n) is 11.1. The van der Waals surface area contributed by atoms with Crippen molar-refractivity contribution in [3.63, 3.8) is 0 Å². The van der Waals surface area contributed by atoms with E-state index in [1.165, 1.54) is 18.2 Å². The van der Waals surface area contributed by atoms with Gasteiger partial charge >= 0.3 is 5.97 Å². The normalized spacial score (nSPS) is 44.7. The fourth-order valence-electron chi connectivity index (χ4n) is 9.40. The van der Waals surface area contributed by atoms with Gasteiger partial charge in [0.15, 0.2) is 17.5 Å². The number of rotatable bonds is 4. The van der Waals surface area contributed by atoms with E-state index in [9.17, 15) is 14.7 Å². The summed E-state index contributed by atoms with van der Waals surface area (Å²) in [6.07, 6.45) is 1.31. The summed E-state index contributed by atoms with van der Waals surface area (Å²) in [5.41, 5.74) is -4.42. The van der Waals surface area contributed by atoms with Crippen LogP contribution in [0.3, 0.4) is 0 Å². The van der Waals surface area contributed by atoms with Crippen LogP contribution in [0.15, 0.2) is 48.1 Å². The number of benzene rings is 1. The first-order valence-electron chi connectivity index (χ1n) is 13.6. The predicted molar refractivity (Wildman–Crippen MR) is 143 cm³/mol. The Labute approximate surface area is 237 Å². The Kier molecular flexibility index (Phi) is 6.39. The highest BCUT2D eigenvalue weighted by Crippen LogP contribution is 2.74. The lowest BCUT2D eigenvalue weighted by Gasteiger charge is -2.63. The van der Waals surface area contributed by atoms with Crippen LogP contribution in [0.5, 0.6) is 0 Å². The Hall–Kier alpha value is -1.80. The minimum Gasteiger partial charge on any atom is -0.449 e. The molecule has 1 aliphatic heterocycles. The van der Waals surface area contributed by atoms with Crippen LogP contribution in [-0.4, -0.2) is 58.9 Å². The molecule has 0 radical (unpaired) electrons. The molecule has 0 bridgehead atoms. The minimum absolute atomic E-state index is 0.0190. The number of ether oxygens (including phenoxy) is 1. The Balaban J connectivity index is 1.40. The third kappa shape index (κ3) is 3.55. The Bertz CT molecular complexity index is 1290. The van der Waals surface area contributed by atoms with Gasteiger partial charge in [0.25, 0.3) is 0 Å². The second kappa shape index (κ2) is 9.10. The van der Waals surface area contributed by atoms with Crippen molar-refractivity contribution >= 4 is 35.0 Å². The predicted octanol–water partition coefficient (Wildman–Crippen LogP) is 5.43. The first-order valence-corrected chi connectivity index (χ1v) is 14.5. The van der Waals surface area contributed by atoms with Crippen molar-refractivity contribution in [1.82, 2.24) is 4.90 Å². The van der Waals surface area contributed by atoms with Gasteiger partial charge in [-0.15, -0.1) is 0 Å². The highest BCUT2D eigenvalue weighted by atomic mass is 35.5. The number of carbonyl (C=O) groups is 2. The van der Waals surface area contributed by atoms with Crippen molar-refractivity contribution in [3.05, 3.63) is 58.7 Å². The van der Waals surface area contributed by atoms with E-state index < -0.39 is 46.1 Å². The molecule has 1 heterocycles. The molecular weight excluding hydrogens is 547 g/mol. The van der Waals surface area contributed by atoms with Crippen LogP contribution < -0.4 is 0 Å². The molecule has 0 aromatic heterocycles. The number of aliphatic hydroxyl groups is 1. The second-order valence-electron chi connectivity index (χ2n) is 12.6. The summed E-state index contributed by atoms with van der Waals surface area (Å²) in [6, 6.07) is 7.26. The zero-order valence-corrected chi connectivity index (χ0v) is 23.5. The summed E-state index contributed by atoms with van der Waals surface area (Å²) in [6.45, 7) is 5.05. The number of esters is 1. The van der Waals surface area contributed by atoms with Crippen molar-refractivity contribution in [2.75, 3.05) is 19.2 Å². The van der Waals surface area contributed by atoms with Crippen LogP contribution in [0.1, 0.15) is 38.7 Å². The summed E-state index contributed by atoms with van der Waals surface area (Å²) in [5, 5.41) is 12.3. The van der Waals surface area contributed by atoms with Gasteiger partial charge in [0.05, 0.1) is 11.5 Å².